The molecule has 2 saturated heterocycles. The molecule has 0 saturated carbocycles. The van der Waals surface area contributed by atoms with Crippen molar-refractivity contribution in [1.82, 2.24) is 19.9 Å². The molecular weight excluding hydrogens is 404 g/mol. The van der Waals surface area contributed by atoms with Gasteiger partial charge in [0, 0.05) is 57.2 Å². The minimum atomic E-state index is -0.202. The molecule has 2 aromatic rings. The van der Waals surface area contributed by atoms with Gasteiger partial charge >= 0.3 is 0 Å². The molecule has 1 aromatic heterocycles. The zero-order chi connectivity index (χ0) is 22.1. The summed E-state index contributed by atoms with van der Waals surface area (Å²) in [4.78, 5) is 27.6. The standard InChI is InChI=1S/C24H32N6O2/c1-17-5-3-4-6-20(17)21-15-18-16-25-24(27-29-11-9-28(2)10-12-29)26-22(18)30(23(21)31)19-7-13-32-14-8-19/h3-6,16,19,21H,7-15H2,1-2H3,(H,25,26,27). The second-order valence-corrected chi connectivity index (χ2v) is 9.11. The summed E-state index contributed by atoms with van der Waals surface area (Å²) in [5.41, 5.74) is 6.64. The van der Waals surface area contributed by atoms with Crippen LogP contribution < -0.4 is 10.3 Å². The molecule has 1 N–H and O–H groups in total. The van der Waals surface area contributed by atoms with Crippen molar-refractivity contribution < 1.29 is 9.53 Å². The van der Waals surface area contributed by atoms with Crippen LogP contribution in [-0.2, 0) is 16.0 Å². The Kier molecular flexibility index (Phi) is 6.08. The quantitative estimate of drug-likeness (QED) is 0.788. The first-order valence-corrected chi connectivity index (χ1v) is 11.6. The number of fused-ring (bicyclic) bond motifs is 1. The van der Waals surface area contributed by atoms with Crippen LogP contribution in [0, 0.1) is 6.92 Å². The molecule has 3 aliphatic rings. The summed E-state index contributed by atoms with van der Waals surface area (Å²) in [5.74, 6) is 1.26. The van der Waals surface area contributed by atoms with Crippen LogP contribution in [0.15, 0.2) is 30.5 Å². The van der Waals surface area contributed by atoms with Crippen molar-refractivity contribution in [2.45, 2.75) is 38.1 Å². The molecule has 4 heterocycles. The van der Waals surface area contributed by atoms with Gasteiger partial charge in [0.25, 0.3) is 0 Å². The molecule has 0 aliphatic carbocycles. The molecule has 8 nitrogen and oxygen atoms in total. The Morgan fingerprint density at radius 2 is 1.84 bits per heavy atom. The fraction of sp³-hybridized carbons (Fsp3) is 0.542. The predicted octanol–water partition coefficient (Wildman–Crippen LogP) is 2.21. The Morgan fingerprint density at radius 3 is 2.59 bits per heavy atom. The number of nitrogens with zero attached hydrogens (tertiary/aromatic N) is 5. The number of piperazine rings is 1. The number of carbonyl (C=O) groups excluding carboxylic acids is 1. The lowest BCUT2D eigenvalue weighted by molar-refractivity contribution is -0.121. The van der Waals surface area contributed by atoms with Gasteiger partial charge < -0.3 is 9.64 Å². The maximum absolute atomic E-state index is 13.9. The van der Waals surface area contributed by atoms with Crippen LogP contribution >= 0.6 is 0 Å². The number of anilines is 2. The lowest BCUT2D eigenvalue weighted by atomic mass is 9.85. The highest BCUT2D eigenvalue weighted by molar-refractivity contribution is 6.01. The van der Waals surface area contributed by atoms with Crippen molar-refractivity contribution in [1.29, 1.82) is 0 Å². The number of carbonyl (C=O) groups is 1. The van der Waals surface area contributed by atoms with Crippen LogP contribution in [-0.4, -0.2) is 78.3 Å². The van der Waals surface area contributed by atoms with Crippen molar-refractivity contribution in [2.24, 2.45) is 0 Å². The Bertz CT molecular complexity index is 969. The van der Waals surface area contributed by atoms with Crippen LogP contribution in [0.4, 0.5) is 11.8 Å². The van der Waals surface area contributed by atoms with Crippen molar-refractivity contribution in [3.8, 4) is 0 Å². The summed E-state index contributed by atoms with van der Waals surface area (Å²) in [6.07, 6.45) is 4.20. The second-order valence-electron chi connectivity index (χ2n) is 9.11. The van der Waals surface area contributed by atoms with Crippen molar-refractivity contribution in [3.05, 3.63) is 47.2 Å². The fourth-order valence-electron chi connectivity index (χ4n) is 4.96. The molecule has 1 atom stereocenters. The average Bonchev–Trinajstić information content (AvgIpc) is 2.81. The first-order chi connectivity index (χ1) is 15.6. The minimum absolute atomic E-state index is 0.105. The minimum Gasteiger partial charge on any atom is -0.381 e. The highest BCUT2D eigenvalue weighted by Gasteiger charge is 2.40. The maximum atomic E-state index is 13.9. The lowest BCUT2D eigenvalue weighted by Crippen LogP contribution is -2.50. The number of benzene rings is 1. The normalized spacial score (nSPS) is 23.2. The van der Waals surface area contributed by atoms with Crippen molar-refractivity contribution >= 4 is 17.7 Å². The first-order valence-electron chi connectivity index (χ1n) is 11.6. The zero-order valence-electron chi connectivity index (χ0n) is 19.0. The third-order valence-corrected chi connectivity index (χ3v) is 6.91. The highest BCUT2D eigenvalue weighted by atomic mass is 16.5. The molecule has 1 amide bonds. The van der Waals surface area contributed by atoms with E-state index in [0.717, 1.165) is 61.5 Å². The number of rotatable bonds is 4. The van der Waals surface area contributed by atoms with Crippen LogP contribution in [0.1, 0.15) is 35.4 Å². The first kappa shape index (κ1) is 21.3. The smallest absolute Gasteiger partial charge is 0.239 e. The molecule has 170 valence electrons. The van der Waals surface area contributed by atoms with Gasteiger partial charge in [0.2, 0.25) is 11.9 Å². The largest absolute Gasteiger partial charge is 0.381 e. The molecule has 5 rings (SSSR count). The number of aromatic nitrogens is 2. The van der Waals surface area contributed by atoms with Gasteiger partial charge in [-0.1, -0.05) is 24.3 Å². The second kappa shape index (κ2) is 9.13. The van der Waals surface area contributed by atoms with E-state index in [0.29, 0.717) is 25.6 Å². The van der Waals surface area contributed by atoms with Gasteiger partial charge in [-0.25, -0.2) is 9.99 Å². The Balaban J connectivity index is 1.47. The molecule has 1 unspecified atom stereocenters. The van der Waals surface area contributed by atoms with Crippen molar-refractivity contribution in [3.63, 3.8) is 0 Å². The number of nitrogens with one attached hydrogen (secondary N) is 1. The van der Waals surface area contributed by atoms with Gasteiger partial charge in [0.05, 0.1) is 5.92 Å². The number of hydrazine groups is 1. The topological polar surface area (TPSA) is 73.8 Å². The van der Waals surface area contributed by atoms with E-state index >= 15 is 0 Å². The molecule has 0 radical (unpaired) electrons. The van der Waals surface area contributed by atoms with Gasteiger partial charge in [-0.3, -0.25) is 15.1 Å². The summed E-state index contributed by atoms with van der Waals surface area (Å²) in [6.45, 7) is 7.26. The Hall–Kier alpha value is -2.55. The van der Waals surface area contributed by atoms with E-state index in [9.17, 15) is 4.79 Å². The molecule has 8 heteroatoms. The van der Waals surface area contributed by atoms with Crippen molar-refractivity contribution in [2.75, 3.05) is 56.8 Å². The third-order valence-electron chi connectivity index (χ3n) is 6.91. The maximum Gasteiger partial charge on any atom is 0.239 e. The third kappa shape index (κ3) is 4.22. The Labute approximate surface area is 189 Å². The van der Waals surface area contributed by atoms with E-state index in [4.69, 9.17) is 9.72 Å². The molecule has 2 fully saturated rings. The van der Waals surface area contributed by atoms with Gasteiger partial charge in [-0.15, -0.1) is 0 Å². The van der Waals surface area contributed by atoms with E-state index in [2.05, 4.69) is 46.4 Å². The van der Waals surface area contributed by atoms with Gasteiger partial charge in [0.1, 0.15) is 5.82 Å². The van der Waals surface area contributed by atoms with E-state index in [1.54, 1.807) is 0 Å². The zero-order valence-corrected chi connectivity index (χ0v) is 19.0. The molecular formula is C24H32N6O2. The molecule has 3 aliphatic heterocycles. The fourth-order valence-corrected chi connectivity index (χ4v) is 4.96. The highest BCUT2D eigenvalue weighted by Crippen LogP contribution is 2.38. The number of likely N-dealkylation sites (N-methyl/N-ethyl adjacent to an activating group) is 1. The number of hydrogen-bond acceptors (Lipinski definition) is 7. The Morgan fingerprint density at radius 1 is 1.09 bits per heavy atom. The molecule has 1 aromatic carbocycles. The van der Waals surface area contributed by atoms with Gasteiger partial charge in [0.15, 0.2) is 0 Å². The summed E-state index contributed by atoms with van der Waals surface area (Å²) >= 11 is 0. The van der Waals surface area contributed by atoms with Gasteiger partial charge in [-0.2, -0.15) is 4.98 Å². The monoisotopic (exact) mass is 436 g/mol. The van der Waals surface area contributed by atoms with Crippen LogP contribution in [0.25, 0.3) is 0 Å². The number of hydrogen-bond donors (Lipinski definition) is 1. The van der Waals surface area contributed by atoms with E-state index in [1.807, 2.05) is 23.2 Å². The SMILES string of the molecule is Cc1ccccc1C1Cc2cnc(NN3CCN(C)CC3)nc2N(C2CCOCC2)C1=O. The van der Waals surface area contributed by atoms with Gasteiger partial charge in [-0.05, 0) is 44.4 Å². The summed E-state index contributed by atoms with van der Waals surface area (Å²) in [7, 11) is 2.13. The number of ether oxygens (including phenoxy) is 1. The predicted molar refractivity (Wildman–Crippen MR) is 124 cm³/mol. The average molecular weight is 437 g/mol. The summed E-state index contributed by atoms with van der Waals surface area (Å²) < 4.78 is 5.58. The molecule has 32 heavy (non-hydrogen) atoms. The molecule has 0 spiro atoms. The molecule has 0 bridgehead atoms. The summed E-state index contributed by atoms with van der Waals surface area (Å²) in [5, 5.41) is 2.15. The van der Waals surface area contributed by atoms with Crippen LogP contribution in [0.3, 0.4) is 0 Å². The number of aryl methyl sites for hydroxylation is 1. The van der Waals surface area contributed by atoms with E-state index in [-0.39, 0.29) is 17.9 Å². The summed E-state index contributed by atoms with van der Waals surface area (Å²) in [6, 6.07) is 8.30. The lowest BCUT2D eigenvalue weighted by Gasteiger charge is -2.40. The van der Waals surface area contributed by atoms with E-state index < -0.39 is 0 Å². The van der Waals surface area contributed by atoms with Crippen LogP contribution in [0.2, 0.25) is 0 Å². The number of amides is 1. The van der Waals surface area contributed by atoms with Crippen LogP contribution in [0.5, 0.6) is 0 Å². The van der Waals surface area contributed by atoms with E-state index in [1.165, 1.54) is 0 Å².